The third-order valence-corrected chi connectivity index (χ3v) is 5.16. The summed E-state index contributed by atoms with van der Waals surface area (Å²) in [6.07, 6.45) is 3.20. The SMILES string of the molecule is CC1=CS/C(=C(\C#N)C(=O)N2CCCCC2)N1c1ccccc1. The zero-order chi connectivity index (χ0) is 16.2. The molecule has 2 aliphatic rings. The van der Waals surface area contributed by atoms with Crippen molar-refractivity contribution < 1.29 is 4.79 Å². The number of allylic oxidation sites excluding steroid dienone is 1. The Hall–Kier alpha value is -2.19. The molecule has 1 amide bonds. The van der Waals surface area contributed by atoms with Gasteiger partial charge in [0.05, 0.1) is 0 Å². The first-order valence-corrected chi connectivity index (χ1v) is 8.72. The van der Waals surface area contributed by atoms with E-state index in [0.29, 0.717) is 5.03 Å². The number of carbonyl (C=O) groups is 1. The van der Waals surface area contributed by atoms with Crippen molar-refractivity contribution in [2.24, 2.45) is 0 Å². The molecular formula is C18H19N3OS. The summed E-state index contributed by atoms with van der Waals surface area (Å²) < 4.78 is 0. The van der Waals surface area contributed by atoms with Crippen molar-refractivity contribution >= 4 is 23.4 Å². The number of hydrogen-bond acceptors (Lipinski definition) is 4. The second-order valence-corrected chi connectivity index (χ2v) is 6.55. The number of thioether (sulfide) groups is 1. The molecule has 0 aromatic heterocycles. The van der Waals surface area contributed by atoms with Crippen LogP contribution in [0, 0.1) is 11.3 Å². The van der Waals surface area contributed by atoms with Gasteiger partial charge in [-0.2, -0.15) is 5.26 Å². The van der Waals surface area contributed by atoms with Crippen molar-refractivity contribution in [2.45, 2.75) is 26.2 Å². The number of hydrogen-bond donors (Lipinski definition) is 0. The summed E-state index contributed by atoms with van der Waals surface area (Å²) in [5, 5.41) is 12.3. The van der Waals surface area contributed by atoms with Crippen LogP contribution in [0.2, 0.25) is 0 Å². The van der Waals surface area contributed by atoms with Crippen LogP contribution in [0.3, 0.4) is 0 Å². The van der Waals surface area contributed by atoms with Crippen molar-refractivity contribution in [3.63, 3.8) is 0 Å². The molecule has 0 spiro atoms. The third kappa shape index (κ3) is 3.13. The van der Waals surface area contributed by atoms with E-state index in [1.165, 1.54) is 11.8 Å². The van der Waals surface area contributed by atoms with Crippen molar-refractivity contribution in [3.8, 4) is 6.07 Å². The van der Waals surface area contributed by atoms with E-state index < -0.39 is 0 Å². The van der Waals surface area contributed by atoms with Gasteiger partial charge in [0, 0.05) is 24.5 Å². The van der Waals surface area contributed by atoms with Crippen LogP contribution in [0.1, 0.15) is 26.2 Å². The van der Waals surface area contributed by atoms with Gasteiger partial charge in [0.25, 0.3) is 5.91 Å². The molecule has 0 radical (unpaired) electrons. The van der Waals surface area contributed by atoms with Crippen LogP contribution < -0.4 is 4.90 Å². The molecule has 0 atom stereocenters. The molecule has 0 N–H and O–H groups in total. The van der Waals surface area contributed by atoms with E-state index in [9.17, 15) is 10.1 Å². The molecule has 1 aromatic carbocycles. The average molecular weight is 325 g/mol. The molecule has 2 heterocycles. The first-order valence-electron chi connectivity index (χ1n) is 7.84. The molecule has 118 valence electrons. The zero-order valence-corrected chi connectivity index (χ0v) is 14.0. The van der Waals surface area contributed by atoms with Crippen LogP contribution in [0.25, 0.3) is 0 Å². The van der Waals surface area contributed by atoms with Gasteiger partial charge in [-0.3, -0.25) is 4.79 Å². The number of amides is 1. The molecule has 1 saturated heterocycles. The maximum absolute atomic E-state index is 12.8. The number of nitrogens with zero attached hydrogens (tertiary/aromatic N) is 3. The monoisotopic (exact) mass is 325 g/mol. The smallest absolute Gasteiger partial charge is 0.267 e. The predicted octanol–water partition coefficient (Wildman–Crippen LogP) is 3.85. The highest BCUT2D eigenvalue weighted by molar-refractivity contribution is 8.06. The van der Waals surface area contributed by atoms with E-state index in [1.807, 2.05) is 52.5 Å². The van der Waals surface area contributed by atoms with Crippen molar-refractivity contribution in [1.29, 1.82) is 5.26 Å². The first-order chi connectivity index (χ1) is 11.2. The van der Waals surface area contributed by atoms with Gasteiger partial charge in [-0.15, -0.1) is 0 Å². The summed E-state index contributed by atoms with van der Waals surface area (Å²) in [4.78, 5) is 16.6. The Morgan fingerprint density at radius 3 is 2.52 bits per heavy atom. The van der Waals surface area contributed by atoms with Gasteiger partial charge in [0.2, 0.25) is 0 Å². The highest BCUT2D eigenvalue weighted by Gasteiger charge is 2.29. The summed E-state index contributed by atoms with van der Waals surface area (Å²) in [7, 11) is 0. The number of anilines is 1. The Morgan fingerprint density at radius 1 is 1.17 bits per heavy atom. The van der Waals surface area contributed by atoms with Crippen LogP contribution in [0.4, 0.5) is 5.69 Å². The van der Waals surface area contributed by atoms with E-state index in [0.717, 1.165) is 43.7 Å². The van der Waals surface area contributed by atoms with Gasteiger partial charge >= 0.3 is 0 Å². The lowest BCUT2D eigenvalue weighted by Crippen LogP contribution is -2.37. The van der Waals surface area contributed by atoms with E-state index in [4.69, 9.17) is 0 Å². The molecule has 23 heavy (non-hydrogen) atoms. The van der Waals surface area contributed by atoms with E-state index in [2.05, 4.69) is 6.07 Å². The molecule has 0 saturated carbocycles. The second kappa shape index (κ2) is 6.93. The maximum atomic E-state index is 12.8. The van der Waals surface area contributed by atoms with Crippen molar-refractivity contribution in [1.82, 2.24) is 4.90 Å². The minimum absolute atomic E-state index is 0.140. The average Bonchev–Trinajstić information content (AvgIpc) is 2.98. The molecule has 0 unspecified atom stereocenters. The Balaban J connectivity index is 1.96. The summed E-state index contributed by atoms with van der Waals surface area (Å²) in [6.45, 7) is 3.49. The minimum atomic E-state index is -0.140. The molecule has 0 aliphatic carbocycles. The lowest BCUT2D eigenvalue weighted by Gasteiger charge is -2.28. The summed E-state index contributed by atoms with van der Waals surface area (Å²) in [5.41, 5.74) is 2.24. The standard InChI is InChI=1S/C18H19N3OS/c1-14-13-23-18(21(14)15-8-4-2-5-9-15)16(12-19)17(22)20-10-6-3-7-11-20/h2,4-5,8-9,13H,3,6-7,10-11H2,1H3/b18-16+. The number of piperidine rings is 1. The number of carbonyl (C=O) groups excluding carboxylic acids is 1. The van der Waals surface area contributed by atoms with E-state index in [-0.39, 0.29) is 11.5 Å². The molecule has 1 aromatic rings. The Labute approximate surface area is 141 Å². The van der Waals surface area contributed by atoms with Crippen molar-refractivity contribution in [2.75, 3.05) is 18.0 Å². The fraction of sp³-hybridized carbons (Fsp3) is 0.333. The lowest BCUT2D eigenvalue weighted by molar-refractivity contribution is -0.127. The maximum Gasteiger partial charge on any atom is 0.267 e. The van der Waals surface area contributed by atoms with Gasteiger partial charge in [-0.25, -0.2) is 0 Å². The van der Waals surface area contributed by atoms with Crippen LogP contribution in [-0.2, 0) is 4.79 Å². The van der Waals surface area contributed by atoms with Crippen molar-refractivity contribution in [3.05, 3.63) is 52.0 Å². The molecule has 5 heteroatoms. The second-order valence-electron chi connectivity index (χ2n) is 5.69. The zero-order valence-electron chi connectivity index (χ0n) is 13.2. The quantitative estimate of drug-likeness (QED) is 0.612. The number of para-hydroxylation sites is 1. The topological polar surface area (TPSA) is 47.3 Å². The highest BCUT2D eigenvalue weighted by Crippen LogP contribution is 2.40. The summed E-state index contributed by atoms with van der Waals surface area (Å²) in [6, 6.07) is 12.0. The lowest BCUT2D eigenvalue weighted by atomic mass is 10.1. The molecule has 3 rings (SSSR count). The van der Waals surface area contributed by atoms with Gasteiger partial charge in [0.1, 0.15) is 16.7 Å². The van der Waals surface area contributed by atoms with Crippen LogP contribution >= 0.6 is 11.8 Å². The fourth-order valence-corrected chi connectivity index (χ4v) is 3.91. The minimum Gasteiger partial charge on any atom is -0.338 e. The Morgan fingerprint density at radius 2 is 1.87 bits per heavy atom. The predicted molar refractivity (Wildman–Crippen MR) is 93.3 cm³/mol. The Bertz CT molecular complexity index is 697. The van der Waals surface area contributed by atoms with Crippen LogP contribution in [0.5, 0.6) is 0 Å². The van der Waals surface area contributed by atoms with Crippen LogP contribution in [0.15, 0.2) is 52.0 Å². The molecular weight excluding hydrogens is 306 g/mol. The largest absolute Gasteiger partial charge is 0.338 e. The normalized spacial score (nSPS) is 20.1. The van der Waals surface area contributed by atoms with Gasteiger partial charge in [-0.1, -0.05) is 30.0 Å². The van der Waals surface area contributed by atoms with Gasteiger partial charge in [0.15, 0.2) is 0 Å². The van der Waals surface area contributed by atoms with E-state index in [1.54, 1.807) is 0 Å². The van der Waals surface area contributed by atoms with Gasteiger partial charge in [-0.05, 0) is 43.7 Å². The fourth-order valence-electron chi connectivity index (χ4n) is 2.92. The number of rotatable bonds is 2. The number of nitriles is 1. The third-order valence-electron chi connectivity index (χ3n) is 4.09. The highest BCUT2D eigenvalue weighted by atomic mass is 32.2. The Kier molecular flexibility index (Phi) is 4.73. The van der Waals surface area contributed by atoms with Crippen LogP contribution in [-0.4, -0.2) is 23.9 Å². The number of benzene rings is 1. The van der Waals surface area contributed by atoms with Gasteiger partial charge < -0.3 is 9.80 Å². The number of likely N-dealkylation sites (tertiary alicyclic amines) is 1. The first kappa shape index (κ1) is 15.7. The van der Waals surface area contributed by atoms with E-state index >= 15 is 0 Å². The summed E-state index contributed by atoms with van der Waals surface area (Å²) in [5.74, 6) is -0.140. The molecule has 4 nitrogen and oxygen atoms in total. The molecule has 1 fully saturated rings. The molecule has 0 bridgehead atoms. The molecule has 2 aliphatic heterocycles. The summed E-state index contributed by atoms with van der Waals surface area (Å²) >= 11 is 1.45.